The molecule has 29 heavy (non-hydrogen) atoms. The van der Waals surface area contributed by atoms with Gasteiger partial charge in [0.1, 0.15) is 0 Å². The van der Waals surface area contributed by atoms with Crippen LogP contribution in [0.4, 0.5) is 18.9 Å². The van der Waals surface area contributed by atoms with Crippen molar-refractivity contribution in [3.63, 3.8) is 0 Å². The van der Waals surface area contributed by atoms with Gasteiger partial charge in [-0.25, -0.2) is 0 Å². The minimum absolute atomic E-state index is 0.0497. The van der Waals surface area contributed by atoms with Gasteiger partial charge in [-0.05, 0) is 71.9 Å². The molecule has 2 aromatic carbocycles. The lowest BCUT2D eigenvalue weighted by atomic mass is 10.0. The standard InChI is InChI=1S/C21H23F3IN3O/c1-14-3-4-15(11-19(14)25)20(29)26-17-6-5-16(18(12-17)21(22,23)24)13-28-9-7-27(2)8-10-28/h3-6,11-12H,7-10,13H2,1-2H3,(H,26,29)/i2D3. The van der Waals surface area contributed by atoms with Crippen molar-refractivity contribution >= 4 is 34.2 Å². The molecule has 0 unspecified atom stereocenters. The number of rotatable bonds is 4. The van der Waals surface area contributed by atoms with E-state index in [4.69, 9.17) is 4.11 Å². The smallest absolute Gasteiger partial charge is 0.322 e. The van der Waals surface area contributed by atoms with Crippen LogP contribution >= 0.6 is 22.6 Å². The third kappa shape index (κ3) is 5.70. The Bertz CT molecular complexity index is 990. The predicted molar refractivity (Wildman–Crippen MR) is 116 cm³/mol. The highest BCUT2D eigenvalue weighted by molar-refractivity contribution is 14.1. The molecule has 156 valence electrons. The largest absolute Gasteiger partial charge is 0.416 e. The molecular formula is C21H23F3IN3O. The van der Waals surface area contributed by atoms with Gasteiger partial charge in [0.25, 0.3) is 5.91 Å². The lowest BCUT2D eigenvalue weighted by Crippen LogP contribution is -2.44. The molecule has 1 N–H and O–H groups in total. The van der Waals surface area contributed by atoms with Crippen molar-refractivity contribution in [1.29, 1.82) is 0 Å². The number of carbonyl (C=O) groups is 1. The third-order valence-electron chi connectivity index (χ3n) is 4.87. The fraction of sp³-hybridized carbons (Fsp3) is 0.381. The molecule has 1 aliphatic rings. The summed E-state index contributed by atoms with van der Waals surface area (Å²) < 4.78 is 64.5. The second-order valence-corrected chi connectivity index (χ2v) is 8.21. The van der Waals surface area contributed by atoms with Gasteiger partial charge < -0.3 is 10.2 Å². The number of halogens is 4. The van der Waals surface area contributed by atoms with Crippen molar-refractivity contribution < 1.29 is 22.1 Å². The van der Waals surface area contributed by atoms with Crippen LogP contribution in [0.25, 0.3) is 0 Å². The van der Waals surface area contributed by atoms with Gasteiger partial charge in [0.2, 0.25) is 0 Å². The number of piperazine rings is 1. The summed E-state index contributed by atoms with van der Waals surface area (Å²) in [7, 11) is 0. The summed E-state index contributed by atoms with van der Waals surface area (Å²) >= 11 is 2.10. The zero-order valence-electron chi connectivity index (χ0n) is 18.8. The van der Waals surface area contributed by atoms with E-state index in [0.717, 1.165) is 15.2 Å². The Balaban J connectivity index is 1.75. The number of hydrogen-bond acceptors (Lipinski definition) is 3. The number of anilines is 1. The number of nitrogens with zero attached hydrogens (tertiary/aromatic N) is 2. The van der Waals surface area contributed by atoms with Crippen LogP contribution in [0.15, 0.2) is 36.4 Å². The fourth-order valence-corrected chi connectivity index (χ4v) is 3.66. The van der Waals surface area contributed by atoms with E-state index in [-0.39, 0.29) is 30.9 Å². The van der Waals surface area contributed by atoms with E-state index in [1.54, 1.807) is 23.1 Å². The molecule has 1 heterocycles. The number of carbonyl (C=O) groups excluding carboxylic acids is 1. The highest BCUT2D eigenvalue weighted by Gasteiger charge is 2.34. The first-order valence-electron chi connectivity index (χ1n) is 10.6. The molecule has 2 aromatic rings. The number of likely N-dealkylation sites (N-methyl/N-ethyl adjacent to an activating group) is 1. The van der Waals surface area contributed by atoms with Crippen molar-refractivity contribution in [2.24, 2.45) is 0 Å². The average molecular weight is 520 g/mol. The van der Waals surface area contributed by atoms with E-state index < -0.39 is 24.6 Å². The molecule has 8 heteroatoms. The Kier molecular flexibility index (Phi) is 5.64. The molecule has 1 saturated heterocycles. The Morgan fingerprint density at radius 2 is 1.90 bits per heavy atom. The number of aryl methyl sites for hydroxylation is 1. The summed E-state index contributed by atoms with van der Waals surface area (Å²) in [5.41, 5.74) is 0.707. The van der Waals surface area contributed by atoms with Crippen LogP contribution < -0.4 is 5.32 Å². The van der Waals surface area contributed by atoms with Gasteiger partial charge in [0.05, 0.1) is 5.56 Å². The molecule has 3 rings (SSSR count). The molecule has 1 amide bonds. The first-order chi connectivity index (χ1) is 14.8. The quantitative estimate of drug-likeness (QED) is 0.598. The van der Waals surface area contributed by atoms with Crippen molar-refractivity contribution in [2.45, 2.75) is 19.6 Å². The van der Waals surface area contributed by atoms with Crippen LogP contribution in [0, 0.1) is 10.5 Å². The predicted octanol–water partition coefficient (Wildman–Crippen LogP) is 4.62. The molecule has 4 nitrogen and oxygen atoms in total. The van der Waals surface area contributed by atoms with Crippen molar-refractivity contribution in [2.75, 3.05) is 38.5 Å². The molecular weight excluding hydrogens is 494 g/mol. The van der Waals surface area contributed by atoms with Crippen molar-refractivity contribution in [1.82, 2.24) is 9.80 Å². The summed E-state index contributed by atoms with van der Waals surface area (Å²) in [6, 6.07) is 8.87. The molecule has 0 aromatic heterocycles. The molecule has 0 bridgehead atoms. The van der Waals surface area contributed by atoms with Gasteiger partial charge in [0.15, 0.2) is 0 Å². The topological polar surface area (TPSA) is 35.6 Å². The summed E-state index contributed by atoms with van der Waals surface area (Å²) in [4.78, 5) is 15.6. The molecule has 0 atom stereocenters. The summed E-state index contributed by atoms with van der Waals surface area (Å²) in [5.74, 6) is -0.482. The number of nitrogens with one attached hydrogen (secondary N) is 1. The van der Waals surface area contributed by atoms with Gasteiger partial charge in [-0.15, -0.1) is 0 Å². The SMILES string of the molecule is [2H]C([2H])([2H])N1CCN(Cc2ccc(NC(=O)c3ccc(C)c(I)c3)cc2C(F)(F)F)CC1. The van der Waals surface area contributed by atoms with Gasteiger partial charge in [-0.1, -0.05) is 12.1 Å². The molecule has 0 saturated carbocycles. The fourth-order valence-electron chi connectivity index (χ4n) is 3.14. The maximum absolute atomic E-state index is 13.7. The molecule has 0 spiro atoms. The van der Waals surface area contributed by atoms with Crippen LogP contribution in [0.1, 0.15) is 31.2 Å². The summed E-state index contributed by atoms with van der Waals surface area (Å²) in [6.07, 6.45) is -4.59. The van der Waals surface area contributed by atoms with E-state index in [0.29, 0.717) is 18.7 Å². The number of benzene rings is 2. The van der Waals surface area contributed by atoms with Gasteiger partial charge in [0, 0.05) is 51.7 Å². The van der Waals surface area contributed by atoms with Crippen LogP contribution in [-0.4, -0.2) is 48.9 Å². The zero-order chi connectivity index (χ0) is 23.7. The second-order valence-electron chi connectivity index (χ2n) is 7.05. The van der Waals surface area contributed by atoms with E-state index >= 15 is 0 Å². The van der Waals surface area contributed by atoms with Gasteiger partial charge in [-0.3, -0.25) is 9.69 Å². The Hall–Kier alpha value is -1.65. The first-order valence-corrected chi connectivity index (χ1v) is 10.2. The lowest BCUT2D eigenvalue weighted by Gasteiger charge is -2.33. The first kappa shape index (κ1) is 18.1. The Morgan fingerprint density at radius 1 is 1.17 bits per heavy atom. The van der Waals surface area contributed by atoms with Crippen LogP contribution in [-0.2, 0) is 12.7 Å². The number of amides is 1. The maximum Gasteiger partial charge on any atom is 0.416 e. The summed E-state index contributed by atoms with van der Waals surface area (Å²) in [5, 5.41) is 2.55. The molecule has 0 aliphatic carbocycles. The zero-order valence-corrected chi connectivity index (χ0v) is 18.0. The average Bonchev–Trinajstić information content (AvgIpc) is 2.70. The van der Waals surface area contributed by atoms with E-state index in [1.807, 2.05) is 6.92 Å². The number of hydrogen-bond donors (Lipinski definition) is 1. The monoisotopic (exact) mass is 520 g/mol. The molecule has 1 fully saturated rings. The maximum atomic E-state index is 13.7. The van der Waals surface area contributed by atoms with Gasteiger partial charge >= 0.3 is 6.18 Å². The minimum atomic E-state index is -4.59. The van der Waals surface area contributed by atoms with Crippen molar-refractivity contribution in [3.8, 4) is 0 Å². The summed E-state index contributed by atoms with van der Waals surface area (Å²) in [6.45, 7) is 1.01. The highest BCUT2D eigenvalue weighted by Crippen LogP contribution is 2.34. The van der Waals surface area contributed by atoms with E-state index in [2.05, 4.69) is 27.9 Å². The van der Waals surface area contributed by atoms with Crippen molar-refractivity contribution in [3.05, 3.63) is 62.2 Å². The Morgan fingerprint density at radius 3 is 2.52 bits per heavy atom. The van der Waals surface area contributed by atoms with Crippen LogP contribution in [0.5, 0.6) is 0 Å². The molecule has 1 aliphatic heterocycles. The normalized spacial score (nSPS) is 18.0. The van der Waals surface area contributed by atoms with Gasteiger partial charge in [-0.2, -0.15) is 13.2 Å². The van der Waals surface area contributed by atoms with E-state index in [9.17, 15) is 18.0 Å². The van der Waals surface area contributed by atoms with Crippen LogP contribution in [0.3, 0.4) is 0 Å². The lowest BCUT2D eigenvalue weighted by molar-refractivity contribution is -0.138. The van der Waals surface area contributed by atoms with Crippen LogP contribution in [0.2, 0.25) is 0 Å². The highest BCUT2D eigenvalue weighted by atomic mass is 127. The number of alkyl halides is 3. The minimum Gasteiger partial charge on any atom is -0.322 e. The van der Waals surface area contributed by atoms with E-state index in [1.165, 1.54) is 17.0 Å². The molecule has 0 radical (unpaired) electrons. The second kappa shape index (κ2) is 9.01. The third-order valence-corrected chi connectivity index (χ3v) is 6.04. The Labute approximate surface area is 186 Å².